The summed E-state index contributed by atoms with van der Waals surface area (Å²) < 4.78 is 0. The zero-order chi connectivity index (χ0) is 7.56. The monoisotopic (exact) mass is 137 g/mol. The van der Waals surface area contributed by atoms with Gasteiger partial charge in [0.05, 0.1) is 11.0 Å². The molecular weight excluding hydrogens is 134 g/mol. The third-order valence-corrected chi connectivity index (χ3v) is 0.930. The Bertz CT molecular complexity index is 259. The van der Waals surface area contributed by atoms with Crippen molar-refractivity contribution in [1.29, 1.82) is 0 Å². The number of rotatable bonds is 1. The lowest BCUT2D eigenvalue weighted by molar-refractivity contribution is -0.386. The second kappa shape index (κ2) is 2.34. The molecule has 0 fully saturated rings. The Morgan fingerprint density at radius 1 is 1.50 bits per heavy atom. The topological polar surface area (TPSA) is 63.4 Å². The first kappa shape index (κ1) is 6.54. The predicted octanol–water partition coefficient (Wildman–Crippen LogP) is 0.901. The second-order valence-corrected chi connectivity index (χ2v) is 1.58. The quantitative estimate of drug-likeness (QED) is 0.462. The van der Waals surface area contributed by atoms with Gasteiger partial charge in [0, 0.05) is 6.07 Å². The minimum absolute atomic E-state index is 0.442. The van der Waals surface area contributed by atoms with Crippen LogP contribution in [0.4, 0.5) is 5.69 Å². The van der Waals surface area contributed by atoms with E-state index in [1.165, 1.54) is 12.1 Å². The van der Waals surface area contributed by atoms with Gasteiger partial charge >= 0.3 is 5.69 Å². The molecule has 0 amide bonds. The van der Waals surface area contributed by atoms with Crippen LogP contribution in [-0.2, 0) is 0 Å². The Hall–Kier alpha value is -1.58. The van der Waals surface area contributed by atoms with E-state index in [1.54, 1.807) is 0 Å². The van der Waals surface area contributed by atoms with Crippen molar-refractivity contribution >= 4 is 5.69 Å². The van der Waals surface area contributed by atoms with Crippen LogP contribution in [0, 0.1) is 22.2 Å². The van der Waals surface area contributed by atoms with Crippen LogP contribution in [0.1, 0.15) is 0 Å². The molecule has 1 N–H and O–H groups in total. The third-order valence-electron chi connectivity index (χ3n) is 0.930. The summed E-state index contributed by atoms with van der Waals surface area (Å²) in [5.74, 6) is -0.479. The highest BCUT2D eigenvalue weighted by atomic mass is 16.6. The third kappa shape index (κ3) is 1.05. The van der Waals surface area contributed by atoms with Crippen molar-refractivity contribution in [2.24, 2.45) is 0 Å². The molecule has 0 spiro atoms. The zero-order valence-electron chi connectivity index (χ0n) is 4.87. The molecule has 0 unspecified atom stereocenters. The van der Waals surface area contributed by atoms with Crippen molar-refractivity contribution in [2.75, 3.05) is 0 Å². The largest absolute Gasteiger partial charge is 0.502 e. The fourth-order valence-electron chi connectivity index (χ4n) is 0.517. The lowest BCUT2D eigenvalue weighted by Crippen LogP contribution is -1.87. The van der Waals surface area contributed by atoms with Gasteiger partial charge in [-0.1, -0.05) is 0 Å². The van der Waals surface area contributed by atoms with E-state index in [-0.39, 0.29) is 0 Å². The summed E-state index contributed by atoms with van der Waals surface area (Å²) in [5.41, 5.74) is -0.442. The number of phenols is 1. The number of phenolic OH excluding ortho intramolecular Hbond substituents is 1. The average molecular weight is 137 g/mol. The van der Waals surface area contributed by atoms with Crippen LogP contribution in [0.5, 0.6) is 5.75 Å². The smallest absolute Gasteiger partial charge is 0.319 e. The maximum absolute atomic E-state index is 10.0. The van der Waals surface area contributed by atoms with Crippen molar-refractivity contribution in [3.63, 3.8) is 0 Å². The molecule has 0 aliphatic rings. The van der Waals surface area contributed by atoms with Crippen LogP contribution in [0.2, 0.25) is 0 Å². The van der Waals surface area contributed by atoms with E-state index in [9.17, 15) is 10.1 Å². The highest BCUT2D eigenvalue weighted by Gasteiger charge is 2.10. The summed E-state index contributed by atoms with van der Waals surface area (Å²) in [5, 5.41) is 18.8. The lowest BCUT2D eigenvalue weighted by Gasteiger charge is -1.90. The minimum Gasteiger partial charge on any atom is -0.502 e. The van der Waals surface area contributed by atoms with Gasteiger partial charge in [0.15, 0.2) is 0 Å². The molecule has 1 rings (SSSR count). The van der Waals surface area contributed by atoms with Gasteiger partial charge in [-0.3, -0.25) is 10.1 Å². The molecule has 0 aliphatic carbocycles. The molecule has 50 valence electrons. The van der Waals surface area contributed by atoms with E-state index < -0.39 is 16.4 Å². The molecule has 0 bridgehead atoms. The predicted molar refractivity (Wildman–Crippen MR) is 32.4 cm³/mol. The Labute approximate surface area is 56.9 Å². The maximum atomic E-state index is 10.0. The molecule has 4 heteroatoms. The van der Waals surface area contributed by atoms with Crippen molar-refractivity contribution in [2.45, 2.75) is 0 Å². The van der Waals surface area contributed by atoms with Crippen LogP contribution in [0.3, 0.4) is 0 Å². The summed E-state index contributed by atoms with van der Waals surface area (Å²) in [7, 11) is 0. The highest BCUT2D eigenvalue weighted by molar-refractivity contribution is 5.42. The SMILES string of the molecule is O=[N+]([O-])c1[c]cc[c]c1O. The van der Waals surface area contributed by atoms with Gasteiger partial charge in [-0.2, -0.15) is 0 Å². The Balaban J connectivity index is 3.15. The average Bonchev–Trinajstić information content (AvgIpc) is 1.88. The molecule has 0 atom stereocenters. The summed E-state index contributed by atoms with van der Waals surface area (Å²) in [6.45, 7) is 0. The molecule has 0 heterocycles. The van der Waals surface area contributed by atoms with Gasteiger partial charge < -0.3 is 5.11 Å². The van der Waals surface area contributed by atoms with Crippen molar-refractivity contribution in [3.05, 3.63) is 34.4 Å². The molecular formula is C6H3NO3. The number of benzene rings is 1. The van der Waals surface area contributed by atoms with Crippen molar-refractivity contribution in [1.82, 2.24) is 0 Å². The molecule has 0 aliphatic heterocycles. The summed E-state index contributed by atoms with van der Waals surface area (Å²) >= 11 is 0. The Morgan fingerprint density at radius 3 is 2.50 bits per heavy atom. The second-order valence-electron chi connectivity index (χ2n) is 1.58. The molecule has 0 saturated carbocycles. The van der Waals surface area contributed by atoms with Gasteiger partial charge in [0.1, 0.15) is 0 Å². The molecule has 2 radical (unpaired) electrons. The van der Waals surface area contributed by atoms with Gasteiger partial charge in [-0.05, 0) is 12.1 Å². The van der Waals surface area contributed by atoms with E-state index in [0.717, 1.165) is 0 Å². The highest BCUT2D eigenvalue weighted by Crippen LogP contribution is 2.21. The zero-order valence-corrected chi connectivity index (χ0v) is 4.87. The molecule has 1 aromatic rings. The minimum atomic E-state index is -0.716. The first-order valence-electron chi connectivity index (χ1n) is 2.47. The molecule has 10 heavy (non-hydrogen) atoms. The number of aromatic hydroxyl groups is 1. The van der Waals surface area contributed by atoms with Crippen molar-refractivity contribution in [3.8, 4) is 5.75 Å². The number of nitrogens with zero attached hydrogens (tertiary/aromatic N) is 1. The number of nitro groups is 1. The van der Waals surface area contributed by atoms with Gasteiger partial charge in [-0.25, -0.2) is 0 Å². The van der Waals surface area contributed by atoms with Gasteiger partial charge in [-0.15, -0.1) is 0 Å². The molecule has 4 nitrogen and oxygen atoms in total. The van der Waals surface area contributed by atoms with Crippen LogP contribution in [-0.4, -0.2) is 10.0 Å². The van der Waals surface area contributed by atoms with E-state index in [1.807, 2.05) is 0 Å². The fraction of sp³-hybridized carbons (Fsp3) is 0. The first-order valence-corrected chi connectivity index (χ1v) is 2.47. The summed E-state index contributed by atoms with van der Waals surface area (Å²) in [6, 6.07) is 7.19. The number of hydrogen-bond acceptors (Lipinski definition) is 3. The lowest BCUT2D eigenvalue weighted by atomic mass is 10.3. The standard InChI is InChI=1S/C6H3NO3/c8-6-4-2-1-3-5(6)7(9)10/h1-2,8H. The van der Waals surface area contributed by atoms with Crippen LogP contribution < -0.4 is 0 Å². The van der Waals surface area contributed by atoms with Crippen LogP contribution >= 0.6 is 0 Å². The normalized spacial score (nSPS) is 9.20. The van der Waals surface area contributed by atoms with Crippen LogP contribution in [0.25, 0.3) is 0 Å². The van der Waals surface area contributed by atoms with Crippen molar-refractivity contribution < 1.29 is 10.0 Å². The van der Waals surface area contributed by atoms with E-state index in [2.05, 4.69) is 12.1 Å². The molecule has 0 aromatic heterocycles. The summed E-state index contributed by atoms with van der Waals surface area (Å²) in [4.78, 5) is 9.30. The maximum Gasteiger partial charge on any atom is 0.319 e. The first-order chi connectivity index (χ1) is 4.72. The van der Waals surface area contributed by atoms with Gasteiger partial charge in [0.25, 0.3) is 0 Å². The fourth-order valence-corrected chi connectivity index (χ4v) is 0.517. The molecule has 1 aromatic carbocycles. The van der Waals surface area contributed by atoms with Crippen LogP contribution in [0.15, 0.2) is 12.1 Å². The Morgan fingerprint density at radius 2 is 2.10 bits per heavy atom. The number of nitro benzene ring substituents is 1. The van der Waals surface area contributed by atoms with Gasteiger partial charge in [0.2, 0.25) is 5.75 Å². The summed E-state index contributed by atoms with van der Waals surface area (Å²) in [6.07, 6.45) is 0. The number of hydrogen-bond donors (Lipinski definition) is 1. The Kier molecular flexibility index (Phi) is 1.53. The van der Waals surface area contributed by atoms with E-state index >= 15 is 0 Å². The molecule has 0 saturated heterocycles. The van der Waals surface area contributed by atoms with E-state index in [4.69, 9.17) is 5.11 Å². The van der Waals surface area contributed by atoms with E-state index in [0.29, 0.717) is 0 Å².